The van der Waals surface area contributed by atoms with E-state index in [1.54, 1.807) is 0 Å². The lowest BCUT2D eigenvalue weighted by molar-refractivity contribution is 0.723. The van der Waals surface area contributed by atoms with Crippen molar-refractivity contribution >= 4 is 82.3 Å². The molecular formula is C61H41N5. The van der Waals surface area contributed by atoms with Crippen LogP contribution < -0.4 is 0 Å². The predicted molar refractivity (Wildman–Crippen MR) is 275 cm³/mol. The molecule has 310 valence electrons. The predicted octanol–water partition coefficient (Wildman–Crippen LogP) is 15.8. The molecule has 0 saturated carbocycles. The van der Waals surface area contributed by atoms with Crippen molar-refractivity contribution in [2.24, 2.45) is 0 Å². The van der Waals surface area contributed by atoms with Gasteiger partial charge in [0.15, 0.2) is 0 Å². The molecule has 1 unspecified atom stereocenters. The fraction of sp³-hybridized carbons (Fsp3) is 0.0492. The van der Waals surface area contributed by atoms with Gasteiger partial charge in [0.1, 0.15) is 0 Å². The summed E-state index contributed by atoms with van der Waals surface area (Å²) in [4.78, 5) is 11.0. The standard InChI is InChI=1S/C61H41N5/c1-38-17-16-27-48-51-35-40(32-34-56(51)64(59(38)48)41-18-4-2-5-19-41)58-49-26-10-13-28-53(49)62-61(63-58)66-55-30-15-11-23-44(55)46-33-31-39(36-57(46)66)50-37-52-45-24-12-14-29-54(45)65(42-20-6-3-7-21-42)60(52)47-25-9-8-22-43(47)50/h2-16,18-38H,17H2,1H3. The summed E-state index contributed by atoms with van der Waals surface area (Å²) in [5, 5.41) is 9.47. The van der Waals surface area contributed by atoms with E-state index in [1.165, 1.54) is 71.4 Å². The molecule has 1 aliphatic rings. The van der Waals surface area contributed by atoms with Crippen LogP contribution >= 0.6 is 0 Å². The van der Waals surface area contributed by atoms with Crippen LogP contribution in [0.5, 0.6) is 0 Å². The number of nitrogens with zero attached hydrogens (tertiary/aromatic N) is 5. The van der Waals surface area contributed by atoms with Crippen LogP contribution in [-0.4, -0.2) is 23.7 Å². The minimum atomic E-state index is 0.391. The molecule has 4 heterocycles. The number of para-hydroxylation sites is 5. The molecule has 0 aliphatic heterocycles. The Hall–Kier alpha value is -8.54. The quantitative estimate of drug-likeness (QED) is 0.173. The molecule has 5 nitrogen and oxygen atoms in total. The minimum absolute atomic E-state index is 0.391. The SMILES string of the molecule is CC1CC=Cc2c1n(-c1ccccc1)c1ccc(-c3nc(-n4c5ccccc5c5ccc(-c6cc7c8ccccc8n(-c8ccccc8)c7c7ccccc67)cc54)nc4ccccc34)cc21. The number of rotatable bonds is 5. The van der Waals surface area contributed by atoms with E-state index in [1.807, 2.05) is 0 Å². The molecule has 13 aromatic rings. The molecule has 5 heteroatoms. The second kappa shape index (κ2) is 14.2. The van der Waals surface area contributed by atoms with E-state index >= 15 is 0 Å². The third kappa shape index (κ3) is 5.34. The summed E-state index contributed by atoms with van der Waals surface area (Å²) in [6, 6.07) is 72.5. The van der Waals surface area contributed by atoms with Gasteiger partial charge in [-0.2, -0.15) is 0 Å². The summed E-state index contributed by atoms with van der Waals surface area (Å²) in [5.41, 5.74) is 16.0. The zero-order valence-electron chi connectivity index (χ0n) is 36.2. The van der Waals surface area contributed by atoms with Gasteiger partial charge in [0.25, 0.3) is 0 Å². The molecule has 0 saturated heterocycles. The highest BCUT2D eigenvalue weighted by molar-refractivity contribution is 6.22. The topological polar surface area (TPSA) is 40.6 Å². The van der Waals surface area contributed by atoms with E-state index in [0.717, 1.165) is 56.3 Å². The van der Waals surface area contributed by atoms with Crippen LogP contribution in [-0.2, 0) is 0 Å². The first-order valence-corrected chi connectivity index (χ1v) is 22.9. The fourth-order valence-electron chi connectivity index (χ4n) is 11.1. The molecule has 0 bridgehead atoms. The van der Waals surface area contributed by atoms with E-state index in [2.05, 4.69) is 233 Å². The first kappa shape index (κ1) is 36.9. The molecular weight excluding hydrogens is 803 g/mol. The van der Waals surface area contributed by atoms with Gasteiger partial charge in [0, 0.05) is 71.8 Å². The van der Waals surface area contributed by atoms with Gasteiger partial charge in [-0.3, -0.25) is 4.57 Å². The Labute approximate surface area is 380 Å². The second-order valence-corrected chi connectivity index (χ2v) is 17.8. The number of benzene rings is 9. The minimum Gasteiger partial charge on any atom is -0.313 e. The number of aromatic nitrogens is 5. The molecule has 14 rings (SSSR count). The van der Waals surface area contributed by atoms with E-state index in [9.17, 15) is 0 Å². The Morgan fingerprint density at radius 3 is 1.79 bits per heavy atom. The molecule has 0 fully saturated rings. The number of hydrogen-bond donors (Lipinski definition) is 0. The van der Waals surface area contributed by atoms with E-state index < -0.39 is 0 Å². The molecule has 9 aromatic carbocycles. The Kier molecular flexibility index (Phi) is 7.96. The van der Waals surface area contributed by atoms with Crippen molar-refractivity contribution in [1.82, 2.24) is 23.7 Å². The number of fused-ring (bicyclic) bond motifs is 12. The van der Waals surface area contributed by atoms with Crippen LogP contribution in [0.2, 0.25) is 0 Å². The first-order chi connectivity index (χ1) is 32.7. The summed E-state index contributed by atoms with van der Waals surface area (Å²) in [7, 11) is 0. The molecule has 1 aliphatic carbocycles. The summed E-state index contributed by atoms with van der Waals surface area (Å²) >= 11 is 0. The van der Waals surface area contributed by atoms with Crippen molar-refractivity contribution in [3.8, 4) is 39.7 Å². The van der Waals surface area contributed by atoms with Crippen LogP contribution in [0.25, 0.3) is 122 Å². The number of allylic oxidation sites excluding steroid dienone is 1. The van der Waals surface area contributed by atoms with Gasteiger partial charge in [0.05, 0.1) is 38.8 Å². The third-order valence-electron chi connectivity index (χ3n) is 14.0. The monoisotopic (exact) mass is 843 g/mol. The van der Waals surface area contributed by atoms with Crippen molar-refractivity contribution in [2.45, 2.75) is 19.3 Å². The van der Waals surface area contributed by atoms with Crippen molar-refractivity contribution in [3.63, 3.8) is 0 Å². The normalized spacial score (nSPS) is 13.9. The Bertz CT molecular complexity index is 4150. The average molecular weight is 844 g/mol. The largest absolute Gasteiger partial charge is 0.313 e. The van der Waals surface area contributed by atoms with Gasteiger partial charge in [-0.15, -0.1) is 0 Å². The lowest BCUT2D eigenvalue weighted by atomic mass is 9.92. The Morgan fingerprint density at radius 2 is 1.02 bits per heavy atom. The van der Waals surface area contributed by atoms with Gasteiger partial charge < -0.3 is 9.13 Å². The summed E-state index contributed by atoms with van der Waals surface area (Å²) in [6.45, 7) is 2.34. The Balaban J connectivity index is 1.01. The molecule has 0 amide bonds. The lowest BCUT2D eigenvalue weighted by Gasteiger charge is -2.19. The van der Waals surface area contributed by atoms with E-state index in [0.29, 0.717) is 11.9 Å². The zero-order chi connectivity index (χ0) is 43.5. The van der Waals surface area contributed by atoms with E-state index in [-0.39, 0.29) is 0 Å². The molecule has 4 aromatic heterocycles. The van der Waals surface area contributed by atoms with Crippen LogP contribution in [0.15, 0.2) is 206 Å². The fourth-order valence-corrected chi connectivity index (χ4v) is 11.1. The summed E-state index contributed by atoms with van der Waals surface area (Å²) < 4.78 is 7.17. The maximum Gasteiger partial charge on any atom is 0.235 e. The smallest absolute Gasteiger partial charge is 0.235 e. The van der Waals surface area contributed by atoms with Gasteiger partial charge in [0.2, 0.25) is 5.95 Å². The van der Waals surface area contributed by atoms with Crippen molar-refractivity contribution in [1.29, 1.82) is 0 Å². The van der Waals surface area contributed by atoms with Crippen LogP contribution in [0.1, 0.15) is 30.5 Å². The summed E-state index contributed by atoms with van der Waals surface area (Å²) in [6.07, 6.45) is 5.67. The van der Waals surface area contributed by atoms with Crippen molar-refractivity contribution < 1.29 is 0 Å². The highest BCUT2D eigenvalue weighted by atomic mass is 15.2. The van der Waals surface area contributed by atoms with Gasteiger partial charge in [-0.1, -0.05) is 153 Å². The molecule has 66 heavy (non-hydrogen) atoms. The number of hydrogen-bond acceptors (Lipinski definition) is 2. The van der Waals surface area contributed by atoms with Crippen LogP contribution in [0.3, 0.4) is 0 Å². The third-order valence-corrected chi connectivity index (χ3v) is 14.0. The molecule has 0 N–H and O–H groups in total. The molecule has 0 radical (unpaired) electrons. The zero-order valence-corrected chi connectivity index (χ0v) is 36.2. The van der Waals surface area contributed by atoms with Gasteiger partial charge >= 0.3 is 0 Å². The highest BCUT2D eigenvalue weighted by Crippen LogP contribution is 2.44. The van der Waals surface area contributed by atoms with Crippen LogP contribution in [0, 0.1) is 0 Å². The molecule has 0 spiro atoms. The Morgan fingerprint density at radius 1 is 0.424 bits per heavy atom. The lowest BCUT2D eigenvalue weighted by Crippen LogP contribution is -2.06. The highest BCUT2D eigenvalue weighted by Gasteiger charge is 2.25. The van der Waals surface area contributed by atoms with Gasteiger partial charge in [-0.25, -0.2) is 9.97 Å². The molecule has 1 atom stereocenters. The van der Waals surface area contributed by atoms with E-state index in [4.69, 9.17) is 9.97 Å². The van der Waals surface area contributed by atoms with Crippen molar-refractivity contribution in [2.75, 3.05) is 0 Å². The maximum atomic E-state index is 5.60. The van der Waals surface area contributed by atoms with Crippen molar-refractivity contribution in [3.05, 3.63) is 218 Å². The summed E-state index contributed by atoms with van der Waals surface area (Å²) in [5.74, 6) is 1.04. The average Bonchev–Trinajstić information content (AvgIpc) is 4.02. The van der Waals surface area contributed by atoms with Crippen LogP contribution in [0.4, 0.5) is 0 Å². The maximum absolute atomic E-state index is 5.60. The first-order valence-electron chi connectivity index (χ1n) is 22.9. The van der Waals surface area contributed by atoms with Gasteiger partial charge in [-0.05, 0) is 89.7 Å². The second-order valence-electron chi connectivity index (χ2n) is 17.8.